The molecule has 0 aromatic heterocycles. The number of phenols is 1. The largest absolute Gasteiger partial charge is 0.506 e. The van der Waals surface area contributed by atoms with Gasteiger partial charge in [0.2, 0.25) is 0 Å². The number of rotatable bonds is 4. The molecule has 0 unspecified atom stereocenters. The Morgan fingerprint density at radius 3 is 2.11 bits per heavy atom. The first-order valence-electron chi connectivity index (χ1n) is 8.68. The van der Waals surface area contributed by atoms with Crippen molar-refractivity contribution in [2.24, 2.45) is 0 Å². The summed E-state index contributed by atoms with van der Waals surface area (Å²) in [6, 6.07) is 10.5. The molecule has 5 heteroatoms. The zero-order valence-corrected chi connectivity index (χ0v) is 16.0. The Morgan fingerprint density at radius 2 is 1.52 bits per heavy atom. The summed E-state index contributed by atoms with van der Waals surface area (Å²) in [6.45, 7) is 0. The van der Waals surface area contributed by atoms with Crippen molar-refractivity contribution in [2.75, 3.05) is 14.2 Å². The van der Waals surface area contributed by atoms with Crippen LogP contribution in [0.1, 0.15) is 30.4 Å². The highest BCUT2D eigenvalue weighted by Gasteiger charge is 2.20. The molecule has 0 spiro atoms. The Morgan fingerprint density at radius 1 is 0.926 bits per heavy atom. The number of ketones is 1. The number of benzene rings is 2. The number of hydrogen-bond acceptors (Lipinski definition) is 4. The van der Waals surface area contributed by atoms with Gasteiger partial charge in [-0.3, -0.25) is 4.79 Å². The molecular weight excluding hydrogens is 364 g/mol. The molecule has 0 aliphatic heterocycles. The molecule has 2 aromatic rings. The minimum absolute atomic E-state index is 0.0304. The second-order valence-electron chi connectivity index (χ2n) is 6.35. The van der Waals surface area contributed by atoms with E-state index in [1.807, 2.05) is 30.4 Å². The van der Waals surface area contributed by atoms with E-state index in [-0.39, 0.29) is 16.6 Å². The minimum Gasteiger partial charge on any atom is -0.506 e. The number of methoxy groups -OCH3 is 2. The van der Waals surface area contributed by atoms with Crippen LogP contribution in [-0.4, -0.2) is 25.1 Å². The van der Waals surface area contributed by atoms with Crippen LogP contribution in [0.5, 0.6) is 17.2 Å². The maximum atomic E-state index is 12.9. The van der Waals surface area contributed by atoms with Gasteiger partial charge in [0.1, 0.15) is 5.75 Å². The van der Waals surface area contributed by atoms with Crippen LogP contribution in [0.15, 0.2) is 47.5 Å². The molecule has 0 radical (unpaired) electrons. The molecule has 2 aromatic carbocycles. The second-order valence-corrected chi connectivity index (χ2v) is 6.75. The van der Waals surface area contributed by atoms with Crippen LogP contribution < -0.4 is 9.47 Å². The Labute approximate surface area is 163 Å². The predicted molar refractivity (Wildman–Crippen MR) is 107 cm³/mol. The zero-order valence-electron chi connectivity index (χ0n) is 15.3. The molecule has 0 saturated heterocycles. The summed E-state index contributed by atoms with van der Waals surface area (Å²) >= 11 is 5.96. The van der Waals surface area contributed by atoms with Crippen molar-refractivity contribution in [3.05, 3.63) is 63.7 Å². The van der Waals surface area contributed by atoms with Gasteiger partial charge in [-0.25, -0.2) is 0 Å². The molecule has 0 heterocycles. The van der Waals surface area contributed by atoms with Gasteiger partial charge < -0.3 is 14.6 Å². The van der Waals surface area contributed by atoms with E-state index in [4.69, 9.17) is 21.1 Å². The van der Waals surface area contributed by atoms with E-state index < -0.39 is 0 Å². The third-order valence-electron chi connectivity index (χ3n) is 4.54. The molecule has 0 bridgehead atoms. The van der Waals surface area contributed by atoms with Gasteiger partial charge in [-0.2, -0.15) is 0 Å². The Kier molecular flexibility index (Phi) is 5.87. The third kappa shape index (κ3) is 4.34. The van der Waals surface area contributed by atoms with Gasteiger partial charge in [0.25, 0.3) is 0 Å². The highest BCUT2D eigenvalue weighted by Crippen LogP contribution is 2.32. The van der Waals surface area contributed by atoms with Crippen molar-refractivity contribution in [1.82, 2.24) is 0 Å². The Hall–Kier alpha value is -2.72. The van der Waals surface area contributed by atoms with Gasteiger partial charge in [-0.15, -0.1) is 0 Å². The summed E-state index contributed by atoms with van der Waals surface area (Å²) < 4.78 is 10.6. The number of carbonyl (C=O) groups is 1. The lowest BCUT2D eigenvalue weighted by molar-refractivity contribution is -0.112. The molecule has 1 aliphatic rings. The molecule has 27 heavy (non-hydrogen) atoms. The van der Waals surface area contributed by atoms with Crippen LogP contribution >= 0.6 is 11.6 Å². The van der Waals surface area contributed by atoms with E-state index in [0.717, 1.165) is 41.5 Å². The maximum Gasteiger partial charge on any atom is 0.185 e. The van der Waals surface area contributed by atoms with Crippen molar-refractivity contribution in [3.8, 4) is 17.2 Å². The molecule has 1 fully saturated rings. The smallest absolute Gasteiger partial charge is 0.185 e. The number of Topliss-reactive ketones (excluding diaryl/α,β-unsaturated/α-hetero) is 1. The van der Waals surface area contributed by atoms with Gasteiger partial charge in [-0.05, 0) is 66.8 Å². The first-order chi connectivity index (χ1) is 13.0. The quantitative estimate of drug-likeness (QED) is 0.728. The molecule has 1 N–H and O–H groups in total. The van der Waals surface area contributed by atoms with E-state index in [9.17, 15) is 9.90 Å². The molecule has 0 amide bonds. The number of carbonyl (C=O) groups excluding carboxylic acids is 1. The number of aromatic hydroxyl groups is 1. The van der Waals surface area contributed by atoms with E-state index in [1.165, 1.54) is 6.07 Å². The first-order valence-corrected chi connectivity index (χ1v) is 9.06. The summed E-state index contributed by atoms with van der Waals surface area (Å²) in [6.07, 6.45) is 6.11. The van der Waals surface area contributed by atoms with Crippen LogP contribution in [-0.2, 0) is 4.79 Å². The first kappa shape index (κ1) is 19.1. The van der Waals surface area contributed by atoms with Crippen molar-refractivity contribution in [1.29, 1.82) is 0 Å². The van der Waals surface area contributed by atoms with Crippen molar-refractivity contribution in [3.63, 3.8) is 0 Å². The lowest BCUT2D eigenvalue weighted by Crippen LogP contribution is -2.12. The molecule has 3 rings (SSSR count). The molecular formula is C22H21ClO4. The zero-order chi connectivity index (χ0) is 19.4. The minimum atomic E-state index is 0.0304. The molecule has 1 saturated carbocycles. The molecule has 0 atom stereocenters. The summed E-state index contributed by atoms with van der Waals surface area (Å²) in [5, 5.41) is 9.81. The van der Waals surface area contributed by atoms with Crippen molar-refractivity contribution < 1.29 is 19.4 Å². The van der Waals surface area contributed by atoms with Crippen molar-refractivity contribution in [2.45, 2.75) is 19.3 Å². The van der Waals surface area contributed by atoms with Crippen molar-refractivity contribution >= 4 is 29.5 Å². The number of allylic oxidation sites excluding steroid dienone is 2. The average Bonchev–Trinajstić information content (AvgIpc) is 2.67. The number of halogens is 1. The van der Waals surface area contributed by atoms with Crippen LogP contribution in [0.4, 0.5) is 0 Å². The fraction of sp³-hybridized carbons (Fsp3) is 0.227. The third-order valence-corrected chi connectivity index (χ3v) is 4.84. The number of phenolic OH excluding ortho intramolecular Hbond substituents is 1. The summed E-state index contributed by atoms with van der Waals surface area (Å²) in [7, 11) is 3.18. The normalized spacial score (nSPS) is 17.4. The number of hydrogen-bond donors (Lipinski definition) is 1. The highest BCUT2D eigenvalue weighted by molar-refractivity contribution is 6.32. The SMILES string of the molecule is COc1ccc(/C=C2\CCC/C(=C\c3ccc(O)c(Cl)c3)C2=O)cc1OC. The lowest BCUT2D eigenvalue weighted by Gasteiger charge is -2.17. The van der Waals surface area contributed by atoms with E-state index in [1.54, 1.807) is 26.4 Å². The molecule has 4 nitrogen and oxygen atoms in total. The summed E-state index contributed by atoms with van der Waals surface area (Å²) in [5.41, 5.74) is 3.21. The summed E-state index contributed by atoms with van der Waals surface area (Å²) in [4.78, 5) is 12.9. The van der Waals surface area contributed by atoms with Gasteiger partial charge in [-0.1, -0.05) is 23.7 Å². The van der Waals surface area contributed by atoms with Crippen LogP contribution in [0, 0.1) is 0 Å². The van der Waals surface area contributed by atoms with Crippen LogP contribution in [0.2, 0.25) is 5.02 Å². The maximum absolute atomic E-state index is 12.9. The standard InChI is InChI=1S/C22H21ClO4/c1-26-20-9-7-15(13-21(20)27-2)11-17-5-3-4-16(22(17)25)10-14-6-8-19(24)18(23)12-14/h6-13,24H,3-5H2,1-2H3/b16-10+,17-11+. The van der Waals surface area contributed by atoms with Gasteiger partial charge >= 0.3 is 0 Å². The predicted octanol–water partition coefficient (Wildman–Crippen LogP) is 5.28. The molecule has 1 aliphatic carbocycles. The summed E-state index contributed by atoms with van der Waals surface area (Å²) in [5.74, 6) is 1.35. The van der Waals surface area contributed by atoms with Gasteiger partial charge in [0.15, 0.2) is 17.3 Å². The Balaban J connectivity index is 1.89. The highest BCUT2D eigenvalue weighted by atomic mass is 35.5. The van der Waals surface area contributed by atoms with Crippen LogP contribution in [0.25, 0.3) is 12.2 Å². The van der Waals surface area contributed by atoms with E-state index >= 15 is 0 Å². The lowest BCUT2D eigenvalue weighted by atomic mass is 9.87. The number of ether oxygens (including phenoxy) is 2. The molecule has 140 valence electrons. The topological polar surface area (TPSA) is 55.8 Å². The van der Waals surface area contributed by atoms with Gasteiger partial charge in [0.05, 0.1) is 19.2 Å². The fourth-order valence-corrected chi connectivity index (χ4v) is 3.32. The monoisotopic (exact) mass is 384 g/mol. The van der Waals surface area contributed by atoms with Crippen LogP contribution in [0.3, 0.4) is 0 Å². The van der Waals surface area contributed by atoms with E-state index in [2.05, 4.69) is 0 Å². The Bertz CT molecular complexity index is 928. The fourth-order valence-electron chi connectivity index (χ4n) is 3.14. The average molecular weight is 385 g/mol. The second kappa shape index (κ2) is 8.31. The van der Waals surface area contributed by atoms with Gasteiger partial charge in [0, 0.05) is 11.1 Å². The van der Waals surface area contributed by atoms with E-state index in [0.29, 0.717) is 11.5 Å².